The van der Waals surface area contributed by atoms with Crippen molar-refractivity contribution in [2.24, 2.45) is 0 Å². The van der Waals surface area contributed by atoms with Crippen LogP contribution in [0.15, 0.2) is 60.2 Å². The van der Waals surface area contributed by atoms with Crippen molar-refractivity contribution < 1.29 is 14.3 Å². The Bertz CT molecular complexity index is 720. The lowest BCUT2D eigenvalue weighted by molar-refractivity contribution is -0.138. The fourth-order valence-electron chi connectivity index (χ4n) is 2.72. The van der Waals surface area contributed by atoms with Gasteiger partial charge in [0, 0.05) is 10.6 Å². The third-order valence-corrected chi connectivity index (χ3v) is 4.04. The van der Waals surface area contributed by atoms with Crippen LogP contribution < -0.4 is 0 Å². The summed E-state index contributed by atoms with van der Waals surface area (Å²) in [5, 5.41) is 0.664. The van der Waals surface area contributed by atoms with Gasteiger partial charge >= 0.3 is 5.97 Å². The van der Waals surface area contributed by atoms with Gasteiger partial charge in [-0.3, -0.25) is 0 Å². The zero-order chi connectivity index (χ0) is 16.2. The number of hydrogen-bond donors (Lipinski definition) is 0. The molecule has 0 fully saturated rings. The lowest BCUT2D eigenvalue weighted by Gasteiger charge is -2.12. The summed E-state index contributed by atoms with van der Waals surface area (Å²) >= 11 is 5.96. The molecule has 2 aromatic rings. The predicted molar refractivity (Wildman–Crippen MR) is 90.1 cm³/mol. The van der Waals surface area contributed by atoms with E-state index in [9.17, 15) is 4.79 Å². The Hall–Kier alpha value is -2.26. The van der Waals surface area contributed by atoms with Gasteiger partial charge in [-0.05, 0) is 24.6 Å². The molecular weight excluding hydrogens is 312 g/mol. The topological polar surface area (TPSA) is 35.5 Å². The van der Waals surface area contributed by atoms with Crippen molar-refractivity contribution in [1.82, 2.24) is 0 Å². The van der Waals surface area contributed by atoms with E-state index in [4.69, 9.17) is 21.1 Å². The fraction of sp³-hybridized carbons (Fsp3) is 0.211. The Morgan fingerprint density at radius 1 is 1.17 bits per heavy atom. The molecule has 0 aromatic heterocycles. The summed E-state index contributed by atoms with van der Waals surface area (Å²) in [5.41, 5.74) is 2.44. The van der Waals surface area contributed by atoms with Crippen LogP contribution in [0.5, 0.6) is 0 Å². The van der Waals surface area contributed by atoms with Crippen LogP contribution in [0.1, 0.15) is 24.0 Å². The Balaban J connectivity index is 2.05. The molecule has 3 nitrogen and oxygen atoms in total. The molecule has 3 rings (SSSR count). The molecule has 23 heavy (non-hydrogen) atoms. The molecule has 4 heteroatoms. The number of ether oxygens (including phenoxy) is 2. The molecule has 118 valence electrons. The molecule has 0 radical (unpaired) electrons. The van der Waals surface area contributed by atoms with Gasteiger partial charge in [-0.25, -0.2) is 4.79 Å². The van der Waals surface area contributed by atoms with E-state index in [1.165, 1.54) is 0 Å². The minimum atomic E-state index is -0.330. The first-order valence-corrected chi connectivity index (χ1v) is 7.93. The Kier molecular flexibility index (Phi) is 4.68. The SMILES string of the molecule is CCOC(=O)C1=C(c2ccccc2)OCC1c1ccc(Cl)cc1. The molecule has 1 aliphatic rings. The van der Waals surface area contributed by atoms with Crippen molar-refractivity contribution in [2.75, 3.05) is 13.2 Å². The molecule has 0 amide bonds. The standard InChI is InChI=1S/C19H17ClO3/c1-2-22-19(21)17-16(13-8-10-15(20)11-9-13)12-23-18(17)14-6-4-3-5-7-14/h3-11,16H,2,12H2,1H3. The lowest BCUT2D eigenvalue weighted by Crippen LogP contribution is -2.14. The van der Waals surface area contributed by atoms with Gasteiger partial charge in [-0.1, -0.05) is 54.1 Å². The van der Waals surface area contributed by atoms with Crippen molar-refractivity contribution >= 4 is 23.3 Å². The van der Waals surface area contributed by atoms with Gasteiger partial charge in [0.1, 0.15) is 5.76 Å². The number of halogens is 1. The summed E-state index contributed by atoms with van der Waals surface area (Å²) in [6.45, 7) is 2.55. The lowest BCUT2D eigenvalue weighted by atomic mass is 9.91. The van der Waals surface area contributed by atoms with E-state index in [2.05, 4.69) is 0 Å². The molecule has 1 heterocycles. The monoisotopic (exact) mass is 328 g/mol. The normalized spacial score (nSPS) is 17.0. The number of carbonyl (C=O) groups is 1. The average Bonchev–Trinajstić information content (AvgIpc) is 3.01. The Morgan fingerprint density at radius 2 is 1.87 bits per heavy atom. The number of hydrogen-bond acceptors (Lipinski definition) is 3. The quantitative estimate of drug-likeness (QED) is 0.779. The van der Waals surface area contributed by atoms with Gasteiger partial charge in [-0.15, -0.1) is 0 Å². The van der Waals surface area contributed by atoms with Crippen LogP contribution in [0.2, 0.25) is 5.02 Å². The minimum Gasteiger partial charge on any atom is -0.491 e. The van der Waals surface area contributed by atoms with Gasteiger partial charge in [0.15, 0.2) is 0 Å². The number of carbonyl (C=O) groups excluding carboxylic acids is 1. The van der Waals surface area contributed by atoms with Crippen molar-refractivity contribution in [3.63, 3.8) is 0 Å². The smallest absolute Gasteiger partial charge is 0.338 e. The third kappa shape index (κ3) is 3.25. The number of rotatable bonds is 4. The Morgan fingerprint density at radius 3 is 2.52 bits per heavy atom. The summed E-state index contributed by atoms with van der Waals surface area (Å²) in [4.78, 5) is 12.5. The van der Waals surface area contributed by atoms with Gasteiger partial charge in [0.25, 0.3) is 0 Å². The second kappa shape index (κ2) is 6.88. The maximum atomic E-state index is 12.5. The average molecular weight is 329 g/mol. The highest BCUT2D eigenvalue weighted by Gasteiger charge is 2.35. The predicted octanol–water partition coefficient (Wildman–Crippen LogP) is 4.43. The second-order valence-corrected chi connectivity index (χ2v) is 5.68. The van der Waals surface area contributed by atoms with E-state index < -0.39 is 0 Å². The number of esters is 1. The van der Waals surface area contributed by atoms with E-state index >= 15 is 0 Å². The van der Waals surface area contributed by atoms with Crippen LogP contribution in [-0.4, -0.2) is 19.2 Å². The van der Waals surface area contributed by atoms with Crippen LogP contribution in [0.4, 0.5) is 0 Å². The summed E-state index contributed by atoms with van der Waals surface area (Å²) in [6.07, 6.45) is 0. The summed E-state index contributed by atoms with van der Waals surface area (Å²) < 4.78 is 11.1. The molecule has 0 saturated carbocycles. The van der Waals surface area contributed by atoms with Crippen LogP contribution in [0.3, 0.4) is 0 Å². The summed E-state index contributed by atoms with van der Waals surface area (Å²) in [7, 11) is 0. The van der Waals surface area contributed by atoms with Gasteiger partial charge < -0.3 is 9.47 Å². The highest BCUT2D eigenvalue weighted by molar-refractivity contribution is 6.30. The van der Waals surface area contributed by atoms with Crippen LogP contribution in [-0.2, 0) is 14.3 Å². The largest absolute Gasteiger partial charge is 0.491 e. The first-order chi connectivity index (χ1) is 11.2. The van der Waals surface area contributed by atoms with Crippen LogP contribution >= 0.6 is 11.6 Å². The van der Waals surface area contributed by atoms with Crippen molar-refractivity contribution in [3.8, 4) is 0 Å². The van der Waals surface area contributed by atoms with Crippen LogP contribution in [0, 0.1) is 0 Å². The molecule has 0 spiro atoms. The maximum absolute atomic E-state index is 12.5. The molecule has 1 atom stereocenters. The highest BCUT2D eigenvalue weighted by atomic mass is 35.5. The van der Waals surface area contributed by atoms with Crippen LogP contribution in [0.25, 0.3) is 5.76 Å². The maximum Gasteiger partial charge on any atom is 0.338 e. The van der Waals surface area contributed by atoms with Gasteiger partial charge in [0.2, 0.25) is 0 Å². The Labute approximate surface area is 140 Å². The van der Waals surface area contributed by atoms with E-state index in [0.29, 0.717) is 29.6 Å². The molecule has 0 saturated heterocycles. The second-order valence-electron chi connectivity index (χ2n) is 5.24. The van der Waals surface area contributed by atoms with Gasteiger partial charge in [0.05, 0.1) is 24.7 Å². The van der Waals surface area contributed by atoms with E-state index in [-0.39, 0.29) is 11.9 Å². The number of benzene rings is 2. The van der Waals surface area contributed by atoms with Crippen molar-refractivity contribution in [1.29, 1.82) is 0 Å². The first-order valence-electron chi connectivity index (χ1n) is 7.55. The summed E-state index contributed by atoms with van der Waals surface area (Å²) in [5.74, 6) is 0.120. The zero-order valence-corrected chi connectivity index (χ0v) is 13.5. The van der Waals surface area contributed by atoms with Crippen molar-refractivity contribution in [2.45, 2.75) is 12.8 Å². The molecule has 1 unspecified atom stereocenters. The van der Waals surface area contributed by atoms with E-state index in [1.54, 1.807) is 6.92 Å². The zero-order valence-electron chi connectivity index (χ0n) is 12.8. The third-order valence-electron chi connectivity index (χ3n) is 3.79. The molecule has 0 bridgehead atoms. The molecule has 0 aliphatic carbocycles. The highest BCUT2D eigenvalue weighted by Crippen LogP contribution is 2.39. The molecular formula is C19H17ClO3. The molecule has 1 aliphatic heterocycles. The molecule has 0 N–H and O–H groups in total. The van der Waals surface area contributed by atoms with Crippen molar-refractivity contribution in [3.05, 3.63) is 76.3 Å². The summed E-state index contributed by atoms with van der Waals surface area (Å²) in [6, 6.07) is 17.1. The van der Waals surface area contributed by atoms with E-state index in [1.807, 2.05) is 54.6 Å². The fourth-order valence-corrected chi connectivity index (χ4v) is 2.84. The molecule has 2 aromatic carbocycles. The van der Waals surface area contributed by atoms with Gasteiger partial charge in [-0.2, -0.15) is 0 Å². The van der Waals surface area contributed by atoms with E-state index in [0.717, 1.165) is 11.1 Å². The first kappa shape index (κ1) is 15.6. The minimum absolute atomic E-state index is 0.151.